The molecule has 0 unspecified atom stereocenters. The van der Waals surface area contributed by atoms with E-state index >= 15 is 0 Å². The second-order valence-electron chi connectivity index (χ2n) is 9.41. The van der Waals surface area contributed by atoms with Crippen molar-refractivity contribution in [1.29, 1.82) is 0 Å². The molecule has 2 aromatic carbocycles. The molecule has 36 heavy (non-hydrogen) atoms. The maximum atomic E-state index is 13.9. The highest BCUT2D eigenvalue weighted by molar-refractivity contribution is 6.31. The van der Waals surface area contributed by atoms with Crippen molar-refractivity contribution in [3.8, 4) is 5.75 Å². The smallest absolute Gasteiger partial charge is 0.273 e. The van der Waals surface area contributed by atoms with Crippen LogP contribution in [-0.2, 0) is 24.5 Å². The van der Waals surface area contributed by atoms with E-state index in [0.29, 0.717) is 12.2 Å². The Kier molecular flexibility index (Phi) is 8.53. The summed E-state index contributed by atoms with van der Waals surface area (Å²) in [6.07, 6.45) is 0.00559. The Labute approximate surface area is 213 Å². The topological polar surface area (TPSA) is 80.6 Å². The third kappa shape index (κ3) is 7.15. The number of nitrogens with zero attached hydrogens (tertiary/aromatic N) is 1. The molecule has 9 heteroatoms. The second kappa shape index (κ2) is 11.2. The Bertz CT molecular complexity index is 1330. The zero-order valence-electron chi connectivity index (χ0n) is 20.6. The number of nitrogens with one attached hydrogen (secondary N) is 1. The predicted octanol–water partition coefficient (Wildman–Crippen LogP) is 4.80. The Morgan fingerprint density at radius 2 is 1.81 bits per heavy atom. The van der Waals surface area contributed by atoms with Crippen molar-refractivity contribution in [3.63, 3.8) is 0 Å². The molecule has 0 aliphatic carbocycles. The number of hydrogen-bond acceptors (Lipinski definition) is 4. The van der Waals surface area contributed by atoms with E-state index in [-0.39, 0.29) is 41.8 Å². The van der Waals surface area contributed by atoms with Crippen LogP contribution < -0.4 is 15.6 Å². The van der Waals surface area contributed by atoms with Gasteiger partial charge in [0.25, 0.3) is 5.56 Å². The molecule has 1 aromatic heterocycles. The van der Waals surface area contributed by atoms with E-state index in [1.54, 1.807) is 26.8 Å². The highest BCUT2D eigenvalue weighted by Gasteiger charge is 2.18. The maximum absolute atomic E-state index is 13.9. The van der Waals surface area contributed by atoms with Gasteiger partial charge in [-0.05, 0) is 56.5 Å². The predicted molar refractivity (Wildman–Crippen MR) is 134 cm³/mol. The van der Waals surface area contributed by atoms with Crippen molar-refractivity contribution >= 4 is 17.5 Å². The van der Waals surface area contributed by atoms with Crippen LogP contribution in [0.5, 0.6) is 5.75 Å². The molecule has 1 amide bonds. The average Bonchev–Trinajstić information content (AvgIpc) is 2.77. The zero-order chi connectivity index (χ0) is 26.6. The number of hydrogen-bond donors (Lipinski definition) is 2. The summed E-state index contributed by atoms with van der Waals surface area (Å²) in [6, 6.07) is 10.4. The second-order valence-corrected chi connectivity index (χ2v) is 9.78. The molecule has 0 spiro atoms. The number of ether oxygens (including phenoxy) is 1. The van der Waals surface area contributed by atoms with Gasteiger partial charge in [0.2, 0.25) is 5.91 Å². The van der Waals surface area contributed by atoms with E-state index in [4.69, 9.17) is 16.3 Å². The SMILES string of the molecule is Cc1cc(Cn2c(C)cc(OCc3ccc(F)cc3F)c(Cl)c2=O)ccc1CNC(=O)CC(C)(C)O. The first-order valence-electron chi connectivity index (χ1n) is 11.4. The van der Waals surface area contributed by atoms with E-state index in [2.05, 4.69) is 5.32 Å². The summed E-state index contributed by atoms with van der Waals surface area (Å²) in [5.74, 6) is -1.56. The lowest BCUT2D eigenvalue weighted by Crippen LogP contribution is -2.32. The fourth-order valence-corrected chi connectivity index (χ4v) is 3.91. The number of benzene rings is 2. The van der Waals surface area contributed by atoms with Crippen LogP contribution in [0, 0.1) is 25.5 Å². The van der Waals surface area contributed by atoms with Gasteiger partial charge in [0, 0.05) is 29.9 Å². The van der Waals surface area contributed by atoms with Crippen molar-refractivity contribution in [2.45, 2.75) is 59.4 Å². The molecular formula is C27H29ClF2N2O4. The number of halogens is 3. The number of amides is 1. The number of aromatic nitrogens is 1. The van der Waals surface area contributed by atoms with Gasteiger partial charge < -0.3 is 19.7 Å². The third-order valence-corrected chi connectivity index (χ3v) is 5.98. The molecule has 0 aliphatic heterocycles. The largest absolute Gasteiger partial charge is 0.487 e. The molecule has 192 valence electrons. The van der Waals surface area contributed by atoms with E-state index in [0.717, 1.165) is 28.8 Å². The first-order chi connectivity index (χ1) is 16.8. The lowest BCUT2D eigenvalue weighted by Gasteiger charge is -2.17. The van der Waals surface area contributed by atoms with Crippen LogP contribution in [0.1, 0.15) is 48.2 Å². The molecule has 0 saturated carbocycles. The number of carbonyl (C=O) groups excluding carboxylic acids is 1. The number of aliphatic hydroxyl groups is 1. The van der Waals surface area contributed by atoms with Crippen LogP contribution in [0.3, 0.4) is 0 Å². The van der Waals surface area contributed by atoms with Gasteiger partial charge in [-0.3, -0.25) is 9.59 Å². The van der Waals surface area contributed by atoms with E-state index < -0.39 is 22.8 Å². The lowest BCUT2D eigenvalue weighted by atomic mass is 10.0. The summed E-state index contributed by atoms with van der Waals surface area (Å²) in [7, 11) is 0. The van der Waals surface area contributed by atoms with Gasteiger partial charge in [-0.15, -0.1) is 0 Å². The average molecular weight is 519 g/mol. The number of rotatable bonds is 9. The van der Waals surface area contributed by atoms with Gasteiger partial charge in [0.05, 0.1) is 18.6 Å². The first kappa shape index (κ1) is 27.4. The standard InChI is InChI=1S/C27H29ClF2N2O4/c1-16-9-18(5-6-19(16)13-31-24(33)12-27(3,4)35)14-32-17(2)10-23(25(28)26(32)34)36-15-20-7-8-21(29)11-22(20)30/h5-11,35H,12-15H2,1-4H3,(H,31,33). The van der Waals surface area contributed by atoms with Crippen LogP contribution in [-0.4, -0.2) is 21.2 Å². The third-order valence-electron chi connectivity index (χ3n) is 5.63. The fraction of sp³-hybridized carbons (Fsp3) is 0.333. The molecule has 0 atom stereocenters. The normalized spacial score (nSPS) is 11.4. The lowest BCUT2D eigenvalue weighted by molar-refractivity contribution is -0.125. The van der Waals surface area contributed by atoms with E-state index in [1.807, 2.05) is 25.1 Å². The van der Waals surface area contributed by atoms with Crippen LogP contribution in [0.4, 0.5) is 8.78 Å². The molecule has 0 bridgehead atoms. The molecule has 3 rings (SSSR count). The molecular weight excluding hydrogens is 490 g/mol. The molecule has 2 N–H and O–H groups in total. The van der Waals surface area contributed by atoms with Crippen LogP contribution in [0.15, 0.2) is 47.3 Å². The summed E-state index contributed by atoms with van der Waals surface area (Å²) in [5.41, 5.74) is 1.93. The van der Waals surface area contributed by atoms with Gasteiger partial charge in [-0.1, -0.05) is 29.8 Å². The molecule has 0 saturated heterocycles. The molecule has 6 nitrogen and oxygen atoms in total. The number of aryl methyl sites for hydroxylation is 2. The summed E-state index contributed by atoms with van der Waals surface area (Å²) < 4.78 is 34.1. The van der Waals surface area contributed by atoms with Gasteiger partial charge in [-0.2, -0.15) is 0 Å². The molecule has 0 radical (unpaired) electrons. The van der Waals surface area contributed by atoms with Crippen LogP contribution >= 0.6 is 11.6 Å². The highest BCUT2D eigenvalue weighted by Crippen LogP contribution is 2.24. The van der Waals surface area contributed by atoms with E-state index in [9.17, 15) is 23.5 Å². The molecule has 3 aromatic rings. The quantitative estimate of drug-likeness (QED) is 0.426. The first-order valence-corrected chi connectivity index (χ1v) is 11.8. The minimum Gasteiger partial charge on any atom is -0.487 e. The summed E-state index contributed by atoms with van der Waals surface area (Å²) in [5, 5.41) is 12.4. The number of pyridine rings is 1. The molecule has 0 aliphatic rings. The van der Waals surface area contributed by atoms with Crippen molar-refractivity contribution in [3.05, 3.63) is 97.4 Å². The maximum Gasteiger partial charge on any atom is 0.273 e. The molecule has 1 heterocycles. The fourth-order valence-electron chi connectivity index (χ4n) is 3.70. The van der Waals surface area contributed by atoms with Crippen molar-refractivity contribution in [2.24, 2.45) is 0 Å². The Hall–Kier alpha value is -3.23. The summed E-state index contributed by atoms with van der Waals surface area (Å²) in [6.45, 7) is 7.19. The molecule has 0 fully saturated rings. The Morgan fingerprint density at radius 1 is 1.11 bits per heavy atom. The van der Waals surface area contributed by atoms with Crippen molar-refractivity contribution < 1.29 is 23.4 Å². The summed E-state index contributed by atoms with van der Waals surface area (Å²) in [4.78, 5) is 24.9. The highest BCUT2D eigenvalue weighted by atomic mass is 35.5. The van der Waals surface area contributed by atoms with Crippen molar-refractivity contribution in [1.82, 2.24) is 9.88 Å². The zero-order valence-corrected chi connectivity index (χ0v) is 21.4. The Balaban J connectivity index is 1.71. The minimum absolute atomic E-state index is 0.00559. The summed E-state index contributed by atoms with van der Waals surface area (Å²) >= 11 is 6.27. The van der Waals surface area contributed by atoms with Crippen LogP contribution in [0.2, 0.25) is 5.02 Å². The van der Waals surface area contributed by atoms with Crippen LogP contribution in [0.25, 0.3) is 0 Å². The van der Waals surface area contributed by atoms with Gasteiger partial charge >= 0.3 is 0 Å². The monoisotopic (exact) mass is 518 g/mol. The van der Waals surface area contributed by atoms with Gasteiger partial charge in [-0.25, -0.2) is 8.78 Å². The number of carbonyl (C=O) groups is 1. The van der Waals surface area contributed by atoms with E-state index in [1.165, 1.54) is 10.6 Å². The Morgan fingerprint density at radius 3 is 2.44 bits per heavy atom. The van der Waals surface area contributed by atoms with Crippen molar-refractivity contribution in [2.75, 3.05) is 0 Å². The minimum atomic E-state index is -1.08. The van der Waals surface area contributed by atoms with Gasteiger partial charge in [0.15, 0.2) is 0 Å². The van der Waals surface area contributed by atoms with Gasteiger partial charge in [0.1, 0.15) is 29.0 Å².